The van der Waals surface area contributed by atoms with Crippen LogP contribution in [0.25, 0.3) is 0 Å². The maximum Gasteiger partial charge on any atom is 0.306 e. The Bertz CT molecular complexity index is 515. The topological polar surface area (TPSA) is 75.6 Å². The number of methoxy groups -OCH3 is 1. The Morgan fingerprint density at radius 2 is 2.10 bits per heavy atom. The minimum Gasteiger partial charge on any atom is -0.481 e. The molecule has 0 aliphatic heterocycles. The Balaban J connectivity index is 1.85. The quantitative estimate of drug-likeness (QED) is 0.837. The molecule has 2 rings (SSSR count). The van der Waals surface area contributed by atoms with Crippen molar-refractivity contribution in [1.29, 1.82) is 0 Å². The summed E-state index contributed by atoms with van der Waals surface area (Å²) in [6.45, 7) is 0.526. The standard InChI is InChI=1S/C16H21NO4/c1-21-10-12-4-2-3-11(7-12)8-15(18)17-14-6-5-13(9-14)16(19)20/h2-4,7,13-14H,5-6,8-10H2,1H3,(H,17,18)(H,19,20)/t13-,14+/m0/s1. The van der Waals surface area contributed by atoms with Crippen LogP contribution in [0.2, 0.25) is 0 Å². The van der Waals surface area contributed by atoms with E-state index in [9.17, 15) is 9.59 Å². The first-order valence-corrected chi connectivity index (χ1v) is 7.17. The number of ether oxygens (including phenoxy) is 1. The van der Waals surface area contributed by atoms with E-state index in [2.05, 4.69) is 5.32 Å². The van der Waals surface area contributed by atoms with Crippen molar-refractivity contribution in [2.45, 2.75) is 38.3 Å². The fraction of sp³-hybridized carbons (Fsp3) is 0.500. The number of hydrogen-bond donors (Lipinski definition) is 2. The van der Waals surface area contributed by atoms with Gasteiger partial charge in [0.05, 0.1) is 18.9 Å². The van der Waals surface area contributed by atoms with Crippen LogP contribution in [0.1, 0.15) is 30.4 Å². The maximum absolute atomic E-state index is 12.0. The van der Waals surface area contributed by atoms with Crippen LogP contribution in [0, 0.1) is 5.92 Å². The van der Waals surface area contributed by atoms with Crippen molar-refractivity contribution in [2.24, 2.45) is 5.92 Å². The summed E-state index contributed by atoms with van der Waals surface area (Å²) in [4.78, 5) is 22.9. The molecule has 5 heteroatoms. The summed E-state index contributed by atoms with van der Waals surface area (Å²) >= 11 is 0. The second-order valence-corrected chi connectivity index (χ2v) is 5.54. The van der Waals surface area contributed by atoms with Crippen molar-refractivity contribution in [3.8, 4) is 0 Å². The summed E-state index contributed by atoms with van der Waals surface area (Å²) < 4.78 is 5.07. The van der Waals surface area contributed by atoms with Gasteiger partial charge in [0, 0.05) is 13.2 Å². The Hall–Kier alpha value is -1.88. The summed E-state index contributed by atoms with van der Waals surface area (Å²) in [5.41, 5.74) is 1.98. The molecule has 21 heavy (non-hydrogen) atoms. The zero-order chi connectivity index (χ0) is 15.2. The van der Waals surface area contributed by atoms with Gasteiger partial charge in [-0.15, -0.1) is 0 Å². The average molecular weight is 291 g/mol. The van der Waals surface area contributed by atoms with E-state index in [0.717, 1.165) is 17.5 Å². The van der Waals surface area contributed by atoms with Gasteiger partial charge in [0.15, 0.2) is 0 Å². The second kappa shape index (κ2) is 7.22. The summed E-state index contributed by atoms with van der Waals surface area (Å²) in [6, 6.07) is 7.72. The number of hydrogen-bond acceptors (Lipinski definition) is 3. The predicted molar refractivity (Wildman–Crippen MR) is 77.8 cm³/mol. The van der Waals surface area contributed by atoms with Crippen molar-refractivity contribution >= 4 is 11.9 Å². The molecular formula is C16H21NO4. The van der Waals surface area contributed by atoms with E-state index in [1.165, 1.54) is 0 Å². The number of nitrogens with one attached hydrogen (secondary N) is 1. The lowest BCUT2D eigenvalue weighted by Gasteiger charge is -2.12. The third-order valence-electron chi connectivity index (χ3n) is 3.81. The lowest BCUT2D eigenvalue weighted by molar-refractivity contribution is -0.141. The monoisotopic (exact) mass is 291 g/mol. The van der Waals surface area contributed by atoms with E-state index in [0.29, 0.717) is 25.9 Å². The SMILES string of the molecule is COCc1cccc(CC(=O)N[C@@H]2CC[C@H](C(=O)O)C2)c1. The van der Waals surface area contributed by atoms with E-state index in [-0.39, 0.29) is 17.9 Å². The Labute approximate surface area is 124 Å². The summed E-state index contributed by atoms with van der Waals surface area (Å²) in [5.74, 6) is -1.14. The minimum absolute atomic E-state index is 0.0132. The summed E-state index contributed by atoms with van der Waals surface area (Å²) in [7, 11) is 1.64. The van der Waals surface area contributed by atoms with Gasteiger partial charge in [0.1, 0.15) is 0 Å². The molecule has 1 aromatic rings. The molecule has 2 atom stereocenters. The molecule has 1 saturated carbocycles. The smallest absolute Gasteiger partial charge is 0.306 e. The highest BCUT2D eigenvalue weighted by Crippen LogP contribution is 2.25. The van der Waals surface area contributed by atoms with E-state index < -0.39 is 5.97 Å². The zero-order valence-electron chi connectivity index (χ0n) is 12.2. The number of carboxylic acid groups (broad SMARTS) is 1. The lowest BCUT2D eigenvalue weighted by atomic mass is 10.1. The van der Waals surface area contributed by atoms with Crippen LogP contribution < -0.4 is 5.32 Å². The average Bonchev–Trinajstić information content (AvgIpc) is 2.88. The van der Waals surface area contributed by atoms with E-state index >= 15 is 0 Å². The molecule has 0 bridgehead atoms. The van der Waals surface area contributed by atoms with Crippen LogP contribution >= 0.6 is 0 Å². The molecule has 0 radical (unpaired) electrons. The van der Waals surface area contributed by atoms with E-state index in [4.69, 9.17) is 9.84 Å². The van der Waals surface area contributed by atoms with Crippen molar-refractivity contribution in [1.82, 2.24) is 5.32 Å². The number of carboxylic acids is 1. The van der Waals surface area contributed by atoms with Gasteiger partial charge in [0.2, 0.25) is 5.91 Å². The zero-order valence-corrected chi connectivity index (χ0v) is 12.2. The number of amides is 1. The van der Waals surface area contributed by atoms with Gasteiger partial charge in [0.25, 0.3) is 0 Å². The van der Waals surface area contributed by atoms with Crippen LogP contribution in [0.3, 0.4) is 0 Å². The summed E-state index contributed by atoms with van der Waals surface area (Å²) in [5, 5.41) is 11.9. The number of carbonyl (C=O) groups excluding carboxylic acids is 1. The molecule has 1 aliphatic rings. The molecule has 1 amide bonds. The molecule has 2 N–H and O–H groups in total. The molecule has 5 nitrogen and oxygen atoms in total. The molecular weight excluding hydrogens is 270 g/mol. The van der Waals surface area contributed by atoms with Crippen molar-refractivity contribution in [2.75, 3.05) is 7.11 Å². The van der Waals surface area contributed by atoms with Crippen LogP contribution in [-0.2, 0) is 27.4 Å². The van der Waals surface area contributed by atoms with Gasteiger partial charge >= 0.3 is 5.97 Å². The molecule has 0 heterocycles. The normalized spacial score (nSPS) is 21.2. The van der Waals surface area contributed by atoms with Gasteiger partial charge < -0.3 is 15.2 Å². The minimum atomic E-state index is -0.765. The molecule has 0 spiro atoms. The molecule has 1 fully saturated rings. The van der Waals surface area contributed by atoms with Gasteiger partial charge in [-0.05, 0) is 30.4 Å². The van der Waals surface area contributed by atoms with Crippen molar-refractivity contribution in [3.63, 3.8) is 0 Å². The Morgan fingerprint density at radius 1 is 1.33 bits per heavy atom. The molecule has 0 unspecified atom stereocenters. The largest absolute Gasteiger partial charge is 0.481 e. The van der Waals surface area contributed by atoms with Crippen LogP contribution in [0.15, 0.2) is 24.3 Å². The number of rotatable bonds is 6. The first-order chi connectivity index (χ1) is 10.1. The van der Waals surface area contributed by atoms with Gasteiger partial charge in [-0.3, -0.25) is 9.59 Å². The number of aliphatic carboxylic acids is 1. The molecule has 1 aromatic carbocycles. The highest BCUT2D eigenvalue weighted by molar-refractivity contribution is 5.79. The van der Waals surface area contributed by atoms with Gasteiger partial charge in [-0.25, -0.2) is 0 Å². The van der Waals surface area contributed by atoms with Crippen LogP contribution in [0.4, 0.5) is 0 Å². The maximum atomic E-state index is 12.0. The Kier molecular flexibility index (Phi) is 5.33. The fourth-order valence-corrected chi connectivity index (χ4v) is 2.80. The fourth-order valence-electron chi connectivity index (χ4n) is 2.80. The first-order valence-electron chi connectivity index (χ1n) is 7.17. The summed E-state index contributed by atoms with van der Waals surface area (Å²) in [6.07, 6.45) is 2.23. The van der Waals surface area contributed by atoms with Gasteiger partial charge in [-0.1, -0.05) is 24.3 Å². The predicted octanol–water partition coefficient (Wildman–Crippen LogP) is 1.74. The van der Waals surface area contributed by atoms with Crippen LogP contribution in [0.5, 0.6) is 0 Å². The van der Waals surface area contributed by atoms with Gasteiger partial charge in [-0.2, -0.15) is 0 Å². The molecule has 0 saturated heterocycles. The van der Waals surface area contributed by atoms with E-state index in [1.807, 2.05) is 24.3 Å². The highest BCUT2D eigenvalue weighted by Gasteiger charge is 2.30. The Morgan fingerprint density at radius 3 is 2.76 bits per heavy atom. The van der Waals surface area contributed by atoms with Crippen molar-refractivity contribution in [3.05, 3.63) is 35.4 Å². The van der Waals surface area contributed by atoms with E-state index in [1.54, 1.807) is 7.11 Å². The lowest BCUT2D eigenvalue weighted by Crippen LogP contribution is -2.34. The van der Waals surface area contributed by atoms with Crippen LogP contribution in [-0.4, -0.2) is 30.1 Å². The number of benzene rings is 1. The molecule has 0 aromatic heterocycles. The van der Waals surface area contributed by atoms with Crippen molar-refractivity contribution < 1.29 is 19.4 Å². The first kappa shape index (κ1) is 15.5. The molecule has 114 valence electrons. The third-order valence-corrected chi connectivity index (χ3v) is 3.81. The third kappa shape index (κ3) is 4.56. The second-order valence-electron chi connectivity index (χ2n) is 5.54. The molecule has 1 aliphatic carbocycles. The highest BCUT2D eigenvalue weighted by atomic mass is 16.5. The number of carbonyl (C=O) groups is 2.